The fraction of sp³-hybridized carbons (Fsp3) is 0.391. The summed E-state index contributed by atoms with van der Waals surface area (Å²) in [7, 11) is 1.60. The third-order valence-corrected chi connectivity index (χ3v) is 5.78. The molecule has 0 unspecified atom stereocenters. The maximum absolute atomic E-state index is 13.0. The number of carbonyl (C=O) groups is 2. The van der Waals surface area contributed by atoms with Crippen molar-refractivity contribution in [1.29, 1.82) is 0 Å². The smallest absolute Gasteiger partial charge is 0.242 e. The molecule has 1 N–H and O–H groups in total. The Kier molecular flexibility index (Phi) is 8.12. The van der Waals surface area contributed by atoms with Gasteiger partial charge in [0.1, 0.15) is 6.04 Å². The molecule has 0 bridgehead atoms. The van der Waals surface area contributed by atoms with Gasteiger partial charge >= 0.3 is 0 Å². The number of nitrogens with one attached hydrogen (secondary N) is 1. The van der Waals surface area contributed by atoms with Crippen molar-refractivity contribution in [3.63, 3.8) is 0 Å². The van der Waals surface area contributed by atoms with E-state index in [1.807, 2.05) is 31.2 Å². The van der Waals surface area contributed by atoms with Crippen LogP contribution in [0, 0.1) is 20.8 Å². The maximum atomic E-state index is 13.0. The number of benzene rings is 2. The first-order valence-electron chi connectivity index (χ1n) is 9.52. The molecule has 2 aromatic rings. The molecule has 150 valence electrons. The first-order valence-corrected chi connectivity index (χ1v) is 10.7. The van der Waals surface area contributed by atoms with Gasteiger partial charge < -0.3 is 10.2 Å². The number of amides is 2. The number of hydrogen-bond acceptors (Lipinski definition) is 3. The molecule has 1 atom stereocenters. The van der Waals surface area contributed by atoms with Crippen molar-refractivity contribution in [3.05, 3.63) is 70.3 Å². The second-order valence-corrected chi connectivity index (χ2v) is 8.21. The highest BCUT2D eigenvalue weighted by molar-refractivity contribution is 7.99. The summed E-state index contributed by atoms with van der Waals surface area (Å²) in [6, 6.07) is 13.9. The molecular formula is C23H30N2O2S. The average Bonchev–Trinajstić information content (AvgIpc) is 2.65. The molecule has 0 aromatic heterocycles. The highest BCUT2D eigenvalue weighted by Gasteiger charge is 2.25. The van der Waals surface area contributed by atoms with Crippen LogP contribution >= 0.6 is 11.8 Å². The van der Waals surface area contributed by atoms with E-state index in [2.05, 4.69) is 37.4 Å². The monoisotopic (exact) mass is 398 g/mol. The SMILES string of the molecule is CNC(=O)[C@H](C)N(Cc1ccccc1C)C(=O)CSCc1cc(C)cc(C)c1. The summed E-state index contributed by atoms with van der Waals surface area (Å²) in [4.78, 5) is 26.8. The lowest BCUT2D eigenvalue weighted by Crippen LogP contribution is -2.47. The van der Waals surface area contributed by atoms with Crippen LogP contribution in [0.15, 0.2) is 42.5 Å². The van der Waals surface area contributed by atoms with Gasteiger partial charge in [0.2, 0.25) is 11.8 Å². The van der Waals surface area contributed by atoms with Crippen molar-refractivity contribution in [3.8, 4) is 0 Å². The molecule has 2 aromatic carbocycles. The third-order valence-electron chi connectivity index (χ3n) is 4.79. The maximum Gasteiger partial charge on any atom is 0.242 e. The minimum atomic E-state index is -0.515. The molecule has 5 heteroatoms. The Hall–Kier alpha value is -2.27. The molecule has 0 radical (unpaired) electrons. The van der Waals surface area contributed by atoms with Gasteiger partial charge in [-0.2, -0.15) is 0 Å². The summed E-state index contributed by atoms with van der Waals surface area (Å²) in [5, 5.41) is 2.66. The van der Waals surface area contributed by atoms with Crippen molar-refractivity contribution in [2.75, 3.05) is 12.8 Å². The van der Waals surface area contributed by atoms with Crippen LogP contribution in [0.4, 0.5) is 0 Å². The van der Waals surface area contributed by atoms with E-state index in [0.29, 0.717) is 12.3 Å². The molecule has 2 rings (SSSR count). The van der Waals surface area contributed by atoms with Crippen molar-refractivity contribution >= 4 is 23.6 Å². The highest BCUT2D eigenvalue weighted by atomic mass is 32.2. The van der Waals surface area contributed by atoms with E-state index in [-0.39, 0.29) is 11.8 Å². The molecule has 0 spiro atoms. The van der Waals surface area contributed by atoms with Gasteiger partial charge in [-0.25, -0.2) is 0 Å². The van der Waals surface area contributed by atoms with Gasteiger partial charge in [-0.1, -0.05) is 53.6 Å². The zero-order chi connectivity index (χ0) is 20.7. The Morgan fingerprint density at radius 1 is 1.07 bits per heavy atom. The first-order chi connectivity index (χ1) is 13.3. The number of nitrogens with zero attached hydrogens (tertiary/aromatic N) is 1. The zero-order valence-electron chi connectivity index (χ0n) is 17.4. The zero-order valence-corrected chi connectivity index (χ0v) is 18.2. The van der Waals surface area contributed by atoms with E-state index in [1.165, 1.54) is 16.7 Å². The molecule has 28 heavy (non-hydrogen) atoms. The fourth-order valence-electron chi connectivity index (χ4n) is 3.25. The third kappa shape index (κ3) is 6.13. The molecule has 0 saturated carbocycles. The Morgan fingerprint density at radius 3 is 2.32 bits per heavy atom. The van der Waals surface area contributed by atoms with Crippen LogP contribution in [0.5, 0.6) is 0 Å². The first kappa shape index (κ1) is 22.0. The summed E-state index contributed by atoms with van der Waals surface area (Å²) in [6.07, 6.45) is 0. The van der Waals surface area contributed by atoms with E-state index >= 15 is 0 Å². The van der Waals surface area contributed by atoms with Gasteiger partial charge in [-0.3, -0.25) is 9.59 Å². The van der Waals surface area contributed by atoms with Crippen molar-refractivity contribution < 1.29 is 9.59 Å². The summed E-state index contributed by atoms with van der Waals surface area (Å²) in [5.74, 6) is 0.955. The molecule has 0 saturated heterocycles. The minimum absolute atomic E-state index is 0.0197. The Labute approximate surface area is 172 Å². The molecule has 4 nitrogen and oxygen atoms in total. The van der Waals surface area contributed by atoms with Crippen LogP contribution < -0.4 is 5.32 Å². The number of hydrogen-bond donors (Lipinski definition) is 1. The van der Waals surface area contributed by atoms with E-state index in [9.17, 15) is 9.59 Å². The Balaban J connectivity index is 2.07. The lowest BCUT2D eigenvalue weighted by Gasteiger charge is -2.29. The molecule has 0 heterocycles. The molecular weight excluding hydrogens is 368 g/mol. The number of likely N-dealkylation sites (N-methyl/N-ethyl adjacent to an activating group) is 1. The van der Waals surface area contributed by atoms with Crippen molar-refractivity contribution in [1.82, 2.24) is 10.2 Å². The largest absolute Gasteiger partial charge is 0.357 e. The van der Waals surface area contributed by atoms with Gasteiger partial charge in [0.15, 0.2) is 0 Å². The highest BCUT2D eigenvalue weighted by Crippen LogP contribution is 2.19. The van der Waals surface area contributed by atoms with E-state index in [4.69, 9.17) is 0 Å². The standard InChI is InChI=1S/C23H30N2O2S/c1-16-10-17(2)12-20(11-16)14-28-15-22(26)25(19(4)23(27)24-5)13-21-9-7-6-8-18(21)3/h6-12,19H,13-15H2,1-5H3,(H,24,27)/t19-/m0/s1. The van der Waals surface area contributed by atoms with Crippen molar-refractivity contribution in [2.24, 2.45) is 0 Å². The van der Waals surface area contributed by atoms with Gasteiger partial charge in [0.05, 0.1) is 5.75 Å². The second-order valence-electron chi connectivity index (χ2n) is 7.23. The molecule has 0 aliphatic rings. The molecule has 0 fully saturated rings. The normalized spacial score (nSPS) is 11.8. The lowest BCUT2D eigenvalue weighted by molar-refractivity contribution is -0.138. The van der Waals surface area contributed by atoms with Crippen LogP contribution in [-0.4, -0.2) is 35.6 Å². The summed E-state index contributed by atoms with van der Waals surface area (Å²) in [5.41, 5.74) is 5.87. The summed E-state index contributed by atoms with van der Waals surface area (Å²) >= 11 is 1.59. The van der Waals surface area contributed by atoms with Crippen molar-refractivity contribution in [2.45, 2.75) is 46.0 Å². The van der Waals surface area contributed by atoms with E-state index < -0.39 is 6.04 Å². The lowest BCUT2D eigenvalue weighted by atomic mass is 10.1. The van der Waals surface area contributed by atoms with Crippen LogP contribution in [-0.2, 0) is 21.9 Å². The van der Waals surface area contributed by atoms with Crippen LogP contribution in [0.3, 0.4) is 0 Å². The Bertz CT molecular complexity index is 815. The summed E-state index contributed by atoms with van der Waals surface area (Å²) in [6.45, 7) is 8.41. The fourth-order valence-corrected chi connectivity index (χ4v) is 4.10. The molecule has 0 aliphatic heterocycles. The van der Waals surface area contributed by atoms with E-state index in [0.717, 1.165) is 16.9 Å². The van der Waals surface area contributed by atoms with E-state index in [1.54, 1.807) is 30.6 Å². The van der Waals surface area contributed by atoms with Gasteiger partial charge in [-0.05, 0) is 44.4 Å². The number of carbonyl (C=O) groups excluding carboxylic acids is 2. The predicted molar refractivity (Wildman–Crippen MR) is 117 cm³/mol. The minimum Gasteiger partial charge on any atom is -0.357 e. The quantitative estimate of drug-likeness (QED) is 0.731. The number of rotatable bonds is 8. The van der Waals surface area contributed by atoms with Gasteiger partial charge in [0.25, 0.3) is 0 Å². The number of thioether (sulfide) groups is 1. The topological polar surface area (TPSA) is 49.4 Å². The van der Waals surface area contributed by atoms with Crippen LogP contribution in [0.1, 0.15) is 34.7 Å². The number of aryl methyl sites for hydroxylation is 3. The van der Waals surface area contributed by atoms with Crippen LogP contribution in [0.25, 0.3) is 0 Å². The van der Waals surface area contributed by atoms with Crippen LogP contribution in [0.2, 0.25) is 0 Å². The van der Waals surface area contributed by atoms with Gasteiger partial charge in [0, 0.05) is 19.3 Å². The predicted octanol–water partition coefficient (Wildman–Crippen LogP) is 4.01. The second kappa shape index (κ2) is 10.3. The Morgan fingerprint density at radius 2 is 1.71 bits per heavy atom. The molecule has 2 amide bonds. The average molecular weight is 399 g/mol. The van der Waals surface area contributed by atoms with Gasteiger partial charge in [-0.15, -0.1) is 11.8 Å². The summed E-state index contributed by atoms with van der Waals surface area (Å²) < 4.78 is 0. The molecule has 0 aliphatic carbocycles.